The summed E-state index contributed by atoms with van der Waals surface area (Å²) in [7, 11) is 4.02. The highest BCUT2D eigenvalue weighted by Crippen LogP contribution is 2.20. The summed E-state index contributed by atoms with van der Waals surface area (Å²) in [5, 5.41) is 3.95. The van der Waals surface area contributed by atoms with Gasteiger partial charge in [0, 0.05) is 31.4 Å². The highest BCUT2D eigenvalue weighted by Gasteiger charge is 2.07. The van der Waals surface area contributed by atoms with Crippen LogP contribution in [-0.2, 0) is 13.1 Å². The summed E-state index contributed by atoms with van der Waals surface area (Å²) >= 11 is 5.90. The number of halogens is 1. The van der Waals surface area contributed by atoms with E-state index in [0.717, 1.165) is 23.8 Å². The lowest BCUT2D eigenvalue weighted by atomic mass is 10.1. The average Bonchev–Trinajstić information content (AvgIpc) is 2.42. The van der Waals surface area contributed by atoms with Crippen LogP contribution in [0.25, 0.3) is 0 Å². The van der Waals surface area contributed by atoms with Crippen LogP contribution in [0.2, 0.25) is 5.02 Å². The molecule has 0 aliphatic heterocycles. The molecule has 1 aromatic carbocycles. The quantitative estimate of drug-likeness (QED) is 0.909. The topological polar surface area (TPSA) is 28.2 Å². The predicted molar refractivity (Wildman–Crippen MR) is 80.6 cm³/mol. The van der Waals surface area contributed by atoms with Gasteiger partial charge in [0.1, 0.15) is 0 Å². The van der Waals surface area contributed by atoms with Gasteiger partial charge < -0.3 is 10.2 Å². The second-order valence-electron chi connectivity index (χ2n) is 4.52. The fourth-order valence-corrected chi connectivity index (χ4v) is 2.17. The van der Waals surface area contributed by atoms with Gasteiger partial charge in [-0.05, 0) is 36.4 Å². The molecule has 3 nitrogen and oxygen atoms in total. The standard InChI is InChI=1S/C15H18ClN3/c1-17-9-13-7-8-18-10-15(13)19(2)11-12-3-5-14(16)6-4-12/h3-8,10,17H,9,11H2,1-2H3. The van der Waals surface area contributed by atoms with Crippen LogP contribution in [0.3, 0.4) is 0 Å². The zero-order valence-electron chi connectivity index (χ0n) is 11.2. The monoisotopic (exact) mass is 275 g/mol. The van der Waals surface area contributed by atoms with E-state index in [1.54, 1.807) is 0 Å². The van der Waals surface area contributed by atoms with Gasteiger partial charge in [-0.3, -0.25) is 4.98 Å². The van der Waals surface area contributed by atoms with Crippen LogP contribution in [0, 0.1) is 0 Å². The molecule has 0 amide bonds. The summed E-state index contributed by atoms with van der Waals surface area (Å²) in [4.78, 5) is 6.41. The van der Waals surface area contributed by atoms with E-state index in [0.29, 0.717) is 0 Å². The smallest absolute Gasteiger partial charge is 0.0598 e. The molecule has 4 heteroatoms. The number of hydrogen-bond donors (Lipinski definition) is 1. The minimum absolute atomic E-state index is 0.767. The molecule has 2 rings (SSSR count). The minimum atomic E-state index is 0.767. The van der Waals surface area contributed by atoms with Crippen molar-refractivity contribution in [3.8, 4) is 0 Å². The number of benzene rings is 1. The Labute approximate surface area is 119 Å². The Morgan fingerprint density at radius 3 is 2.63 bits per heavy atom. The van der Waals surface area contributed by atoms with E-state index in [1.807, 2.05) is 49.8 Å². The number of pyridine rings is 1. The lowest BCUT2D eigenvalue weighted by molar-refractivity contribution is 0.802. The zero-order valence-corrected chi connectivity index (χ0v) is 12.0. The lowest BCUT2D eigenvalue weighted by Gasteiger charge is -2.22. The molecule has 1 heterocycles. The van der Waals surface area contributed by atoms with E-state index in [4.69, 9.17) is 11.6 Å². The molecule has 0 spiro atoms. The number of nitrogens with one attached hydrogen (secondary N) is 1. The van der Waals surface area contributed by atoms with Crippen molar-refractivity contribution in [1.82, 2.24) is 10.3 Å². The third kappa shape index (κ3) is 3.69. The molecule has 0 radical (unpaired) electrons. The van der Waals surface area contributed by atoms with Crippen molar-refractivity contribution in [2.45, 2.75) is 13.1 Å². The largest absolute Gasteiger partial charge is 0.369 e. The van der Waals surface area contributed by atoms with Gasteiger partial charge in [-0.1, -0.05) is 23.7 Å². The van der Waals surface area contributed by atoms with E-state index in [1.165, 1.54) is 11.1 Å². The maximum absolute atomic E-state index is 5.90. The first-order valence-electron chi connectivity index (χ1n) is 6.24. The summed E-state index contributed by atoms with van der Waals surface area (Å²) < 4.78 is 0. The molecule has 0 aliphatic rings. The molecule has 0 saturated heterocycles. The molecule has 0 aliphatic carbocycles. The van der Waals surface area contributed by atoms with Crippen LogP contribution < -0.4 is 10.2 Å². The number of nitrogens with zero attached hydrogens (tertiary/aromatic N) is 2. The van der Waals surface area contributed by atoms with E-state index in [-0.39, 0.29) is 0 Å². The Balaban J connectivity index is 2.15. The number of rotatable bonds is 5. The Morgan fingerprint density at radius 1 is 1.21 bits per heavy atom. The Morgan fingerprint density at radius 2 is 1.95 bits per heavy atom. The van der Waals surface area contributed by atoms with Crippen molar-refractivity contribution in [2.24, 2.45) is 0 Å². The second kappa shape index (κ2) is 6.55. The summed E-state index contributed by atoms with van der Waals surface area (Å²) in [6.07, 6.45) is 3.73. The first-order chi connectivity index (χ1) is 9.20. The van der Waals surface area contributed by atoms with Crippen LogP contribution in [-0.4, -0.2) is 19.1 Å². The van der Waals surface area contributed by atoms with Gasteiger partial charge in [0.15, 0.2) is 0 Å². The fraction of sp³-hybridized carbons (Fsp3) is 0.267. The van der Waals surface area contributed by atoms with Crippen molar-refractivity contribution < 1.29 is 0 Å². The van der Waals surface area contributed by atoms with Crippen LogP contribution in [0.4, 0.5) is 5.69 Å². The predicted octanol–water partition coefficient (Wildman–Crippen LogP) is 3.09. The number of aromatic nitrogens is 1. The molecular formula is C15H18ClN3. The second-order valence-corrected chi connectivity index (χ2v) is 4.95. The maximum atomic E-state index is 5.90. The van der Waals surface area contributed by atoms with E-state index in [2.05, 4.69) is 22.2 Å². The number of anilines is 1. The third-order valence-electron chi connectivity index (χ3n) is 3.00. The van der Waals surface area contributed by atoms with Gasteiger partial charge in [0.05, 0.1) is 11.9 Å². The Kier molecular flexibility index (Phi) is 4.77. The van der Waals surface area contributed by atoms with Crippen LogP contribution in [0.5, 0.6) is 0 Å². The summed E-state index contributed by atoms with van der Waals surface area (Å²) in [5.41, 5.74) is 3.62. The van der Waals surface area contributed by atoms with Crippen LogP contribution in [0.1, 0.15) is 11.1 Å². The lowest BCUT2D eigenvalue weighted by Crippen LogP contribution is -2.19. The summed E-state index contributed by atoms with van der Waals surface area (Å²) in [6.45, 7) is 1.67. The van der Waals surface area contributed by atoms with Crippen molar-refractivity contribution in [2.75, 3.05) is 19.0 Å². The highest BCUT2D eigenvalue weighted by atomic mass is 35.5. The Bertz CT molecular complexity index is 525. The van der Waals surface area contributed by atoms with Gasteiger partial charge in [-0.25, -0.2) is 0 Å². The van der Waals surface area contributed by atoms with E-state index in [9.17, 15) is 0 Å². The van der Waals surface area contributed by atoms with E-state index >= 15 is 0 Å². The Hall–Kier alpha value is -1.58. The minimum Gasteiger partial charge on any atom is -0.369 e. The van der Waals surface area contributed by atoms with Gasteiger partial charge >= 0.3 is 0 Å². The van der Waals surface area contributed by atoms with Crippen molar-refractivity contribution in [1.29, 1.82) is 0 Å². The first-order valence-corrected chi connectivity index (χ1v) is 6.61. The molecule has 19 heavy (non-hydrogen) atoms. The van der Waals surface area contributed by atoms with Crippen molar-refractivity contribution >= 4 is 17.3 Å². The molecule has 0 saturated carbocycles. The molecule has 100 valence electrons. The number of hydrogen-bond acceptors (Lipinski definition) is 3. The molecule has 1 N–H and O–H groups in total. The molecule has 0 unspecified atom stereocenters. The molecule has 0 atom stereocenters. The normalized spacial score (nSPS) is 10.5. The zero-order chi connectivity index (χ0) is 13.7. The molecular weight excluding hydrogens is 258 g/mol. The molecule has 2 aromatic rings. The maximum Gasteiger partial charge on any atom is 0.0598 e. The first kappa shape index (κ1) is 13.8. The van der Waals surface area contributed by atoms with Gasteiger partial charge in [-0.2, -0.15) is 0 Å². The fourth-order valence-electron chi connectivity index (χ4n) is 2.05. The van der Waals surface area contributed by atoms with Gasteiger partial charge in [0.2, 0.25) is 0 Å². The van der Waals surface area contributed by atoms with Crippen molar-refractivity contribution in [3.63, 3.8) is 0 Å². The molecule has 1 aromatic heterocycles. The van der Waals surface area contributed by atoms with Crippen LogP contribution >= 0.6 is 11.6 Å². The average molecular weight is 276 g/mol. The van der Waals surface area contributed by atoms with Crippen molar-refractivity contribution in [3.05, 3.63) is 58.9 Å². The SMILES string of the molecule is CNCc1ccncc1N(C)Cc1ccc(Cl)cc1. The summed E-state index contributed by atoms with van der Waals surface area (Å²) in [5.74, 6) is 0. The van der Waals surface area contributed by atoms with Gasteiger partial charge in [-0.15, -0.1) is 0 Å². The van der Waals surface area contributed by atoms with E-state index < -0.39 is 0 Å². The van der Waals surface area contributed by atoms with Crippen LogP contribution in [0.15, 0.2) is 42.7 Å². The third-order valence-corrected chi connectivity index (χ3v) is 3.25. The molecule has 0 fully saturated rings. The highest BCUT2D eigenvalue weighted by molar-refractivity contribution is 6.30. The van der Waals surface area contributed by atoms with Gasteiger partial charge in [0.25, 0.3) is 0 Å². The molecule has 0 bridgehead atoms. The summed E-state index contributed by atoms with van der Waals surface area (Å²) in [6, 6.07) is 9.98.